The number of primary sulfonamides is 1. The molecule has 0 aromatic heterocycles. The summed E-state index contributed by atoms with van der Waals surface area (Å²) in [4.78, 5) is 0. The fourth-order valence-corrected chi connectivity index (χ4v) is 3.62. The first-order valence-electron chi connectivity index (χ1n) is 4.73. The lowest BCUT2D eigenvalue weighted by molar-refractivity contribution is 0.110. The molecule has 0 aromatic rings. The zero-order valence-corrected chi connectivity index (χ0v) is 8.44. The molecule has 3 N–H and O–H groups in total. The Bertz CT molecular complexity index is 295. The van der Waals surface area contributed by atoms with Crippen molar-refractivity contribution in [2.24, 2.45) is 16.5 Å². The third-order valence-electron chi connectivity index (χ3n) is 3.52. The predicted molar refractivity (Wildman–Crippen MR) is 50.6 cm³/mol. The van der Waals surface area contributed by atoms with Gasteiger partial charge >= 0.3 is 0 Å². The number of hydrogen-bond donors (Lipinski definition) is 2. The summed E-state index contributed by atoms with van der Waals surface area (Å²) < 4.78 is 21.9. The molecule has 1 heterocycles. The Hall–Kier alpha value is -0.130. The zero-order valence-electron chi connectivity index (χ0n) is 7.62. The first-order chi connectivity index (χ1) is 6.02. The maximum atomic E-state index is 11.0. The summed E-state index contributed by atoms with van der Waals surface area (Å²) in [6.45, 7) is 1.80. The summed E-state index contributed by atoms with van der Waals surface area (Å²) in [6, 6.07) is 0. The van der Waals surface area contributed by atoms with Crippen LogP contribution in [-0.4, -0.2) is 27.3 Å². The molecule has 76 valence electrons. The van der Waals surface area contributed by atoms with Crippen molar-refractivity contribution >= 4 is 10.0 Å². The van der Waals surface area contributed by atoms with Gasteiger partial charge in [-0.3, -0.25) is 0 Å². The van der Waals surface area contributed by atoms with Crippen LogP contribution in [0.25, 0.3) is 0 Å². The van der Waals surface area contributed by atoms with Crippen molar-refractivity contribution in [2.45, 2.75) is 19.3 Å². The van der Waals surface area contributed by atoms with E-state index in [0.29, 0.717) is 0 Å². The van der Waals surface area contributed by atoms with Crippen molar-refractivity contribution in [3.8, 4) is 0 Å². The maximum absolute atomic E-state index is 11.0. The molecule has 13 heavy (non-hydrogen) atoms. The van der Waals surface area contributed by atoms with Gasteiger partial charge in [0, 0.05) is 6.54 Å². The highest BCUT2D eigenvalue weighted by molar-refractivity contribution is 7.89. The Morgan fingerprint density at radius 2 is 2.15 bits per heavy atom. The number of nitrogens with two attached hydrogens (primary N) is 1. The average Bonchev–Trinajstić information content (AvgIpc) is 2.25. The quantitative estimate of drug-likeness (QED) is 0.646. The second-order valence-corrected chi connectivity index (χ2v) is 6.03. The van der Waals surface area contributed by atoms with Gasteiger partial charge in [-0.05, 0) is 30.7 Å². The Morgan fingerprint density at radius 1 is 1.46 bits per heavy atom. The van der Waals surface area contributed by atoms with Gasteiger partial charge in [0.05, 0.1) is 5.75 Å². The average molecular weight is 204 g/mol. The monoisotopic (exact) mass is 204 g/mol. The first kappa shape index (κ1) is 9.43. The molecule has 0 amide bonds. The molecule has 1 saturated heterocycles. The highest BCUT2D eigenvalue weighted by Gasteiger charge is 2.47. The fraction of sp³-hybridized carbons (Fsp3) is 1.00. The normalized spacial score (nSPS) is 31.9. The van der Waals surface area contributed by atoms with Crippen LogP contribution in [0, 0.1) is 11.3 Å². The maximum Gasteiger partial charge on any atom is 0.209 e. The second kappa shape index (κ2) is 2.93. The van der Waals surface area contributed by atoms with Crippen LogP contribution in [-0.2, 0) is 10.0 Å². The van der Waals surface area contributed by atoms with Crippen molar-refractivity contribution in [3.63, 3.8) is 0 Å². The van der Waals surface area contributed by atoms with Crippen LogP contribution in [0.2, 0.25) is 0 Å². The molecule has 0 bridgehead atoms. The van der Waals surface area contributed by atoms with Gasteiger partial charge < -0.3 is 5.32 Å². The van der Waals surface area contributed by atoms with Crippen molar-refractivity contribution in [1.82, 2.24) is 5.32 Å². The van der Waals surface area contributed by atoms with Gasteiger partial charge in [0.25, 0.3) is 0 Å². The van der Waals surface area contributed by atoms with E-state index >= 15 is 0 Å². The van der Waals surface area contributed by atoms with E-state index in [1.165, 1.54) is 19.3 Å². The second-order valence-electron chi connectivity index (χ2n) is 4.37. The summed E-state index contributed by atoms with van der Waals surface area (Å²) >= 11 is 0. The minimum absolute atomic E-state index is 0.153. The zero-order chi connectivity index (χ0) is 9.53. The lowest BCUT2D eigenvalue weighted by Crippen LogP contribution is -2.41. The first-order valence-corrected chi connectivity index (χ1v) is 6.45. The van der Waals surface area contributed by atoms with E-state index in [2.05, 4.69) is 5.32 Å². The van der Waals surface area contributed by atoms with Crippen LogP contribution in [0.1, 0.15) is 19.3 Å². The van der Waals surface area contributed by atoms with E-state index in [4.69, 9.17) is 5.14 Å². The molecule has 1 aliphatic carbocycles. The Kier molecular flexibility index (Phi) is 2.13. The van der Waals surface area contributed by atoms with Crippen LogP contribution in [0.3, 0.4) is 0 Å². The topological polar surface area (TPSA) is 72.2 Å². The Morgan fingerprint density at radius 3 is 2.62 bits per heavy atom. The molecule has 1 unspecified atom stereocenters. The molecular weight excluding hydrogens is 188 g/mol. The molecule has 2 fully saturated rings. The van der Waals surface area contributed by atoms with Gasteiger partial charge in [0.2, 0.25) is 10.0 Å². The number of sulfonamides is 1. The standard InChI is InChI=1S/C8H16N2O2S/c9-13(11,12)5-7-4-10-6-8(7)2-1-3-8/h7,10H,1-6H2,(H2,9,11,12). The Balaban J connectivity index is 2.06. The third-order valence-corrected chi connectivity index (χ3v) is 4.38. The van der Waals surface area contributed by atoms with E-state index in [1.807, 2.05) is 0 Å². The molecule has 0 aromatic carbocycles. The Labute approximate surface area is 78.9 Å². The van der Waals surface area contributed by atoms with Gasteiger partial charge in [0.1, 0.15) is 0 Å². The summed E-state index contributed by atoms with van der Waals surface area (Å²) in [5.41, 5.74) is 0.270. The molecular formula is C8H16N2O2S. The van der Waals surface area contributed by atoms with E-state index < -0.39 is 10.0 Å². The van der Waals surface area contributed by atoms with E-state index in [-0.39, 0.29) is 17.1 Å². The molecule has 1 spiro atoms. The van der Waals surface area contributed by atoms with Crippen LogP contribution in [0.5, 0.6) is 0 Å². The number of rotatable bonds is 2. The largest absolute Gasteiger partial charge is 0.316 e. The lowest BCUT2D eigenvalue weighted by atomic mass is 9.63. The van der Waals surface area contributed by atoms with Gasteiger partial charge in [-0.2, -0.15) is 0 Å². The van der Waals surface area contributed by atoms with Gasteiger partial charge in [-0.25, -0.2) is 13.6 Å². The molecule has 1 aliphatic heterocycles. The van der Waals surface area contributed by atoms with Crippen molar-refractivity contribution in [2.75, 3.05) is 18.8 Å². The minimum atomic E-state index is -3.29. The van der Waals surface area contributed by atoms with Crippen LogP contribution in [0.15, 0.2) is 0 Å². The van der Waals surface area contributed by atoms with Crippen LogP contribution < -0.4 is 10.5 Å². The van der Waals surface area contributed by atoms with Gasteiger partial charge in [-0.1, -0.05) is 6.42 Å². The van der Waals surface area contributed by atoms with E-state index in [1.54, 1.807) is 0 Å². The van der Waals surface area contributed by atoms with Crippen molar-refractivity contribution < 1.29 is 8.42 Å². The summed E-state index contributed by atoms with van der Waals surface area (Å²) in [7, 11) is -3.29. The van der Waals surface area contributed by atoms with Crippen molar-refractivity contribution in [1.29, 1.82) is 0 Å². The molecule has 1 saturated carbocycles. The molecule has 1 atom stereocenters. The van der Waals surface area contributed by atoms with Crippen molar-refractivity contribution in [3.05, 3.63) is 0 Å². The highest BCUT2D eigenvalue weighted by Crippen LogP contribution is 2.49. The van der Waals surface area contributed by atoms with Gasteiger partial charge in [-0.15, -0.1) is 0 Å². The highest BCUT2D eigenvalue weighted by atomic mass is 32.2. The SMILES string of the molecule is NS(=O)(=O)CC1CNCC12CCC2. The van der Waals surface area contributed by atoms with E-state index in [9.17, 15) is 8.42 Å². The molecule has 2 rings (SSSR count). The molecule has 4 nitrogen and oxygen atoms in total. The lowest BCUT2D eigenvalue weighted by Gasteiger charge is -2.42. The summed E-state index contributed by atoms with van der Waals surface area (Å²) in [5.74, 6) is 0.399. The predicted octanol–water partition coefficient (Wildman–Crippen LogP) is -0.335. The third kappa shape index (κ3) is 1.73. The van der Waals surface area contributed by atoms with Gasteiger partial charge in [0.15, 0.2) is 0 Å². The number of hydrogen-bond acceptors (Lipinski definition) is 3. The minimum Gasteiger partial charge on any atom is -0.316 e. The fourth-order valence-electron chi connectivity index (χ4n) is 2.59. The number of nitrogens with one attached hydrogen (secondary N) is 1. The smallest absolute Gasteiger partial charge is 0.209 e. The van der Waals surface area contributed by atoms with Crippen LogP contribution in [0.4, 0.5) is 0 Å². The van der Waals surface area contributed by atoms with E-state index in [0.717, 1.165) is 13.1 Å². The summed E-state index contributed by atoms with van der Waals surface area (Å²) in [5, 5.41) is 8.33. The summed E-state index contributed by atoms with van der Waals surface area (Å²) in [6.07, 6.45) is 3.57. The molecule has 2 aliphatic rings. The molecule has 5 heteroatoms. The molecule has 0 radical (unpaired) electrons. The van der Waals surface area contributed by atoms with Crippen LogP contribution >= 0.6 is 0 Å².